The maximum absolute atomic E-state index is 12.4. The predicted octanol–water partition coefficient (Wildman–Crippen LogP) is 3.25. The molecule has 0 atom stereocenters. The van der Waals surface area contributed by atoms with E-state index in [1.165, 1.54) is 24.3 Å². The Kier molecular flexibility index (Phi) is 4.52. The molecule has 0 aliphatic carbocycles. The Hall–Kier alpha value is -3.54. The molecule has 0 saturated heterocycles. The van der Waals surface area contributed by atoms with Crippen molar-refractivity contribution < 1.29 is 14.5 Å². The van der Waals surface area contributed by atoms with Crippen molar-refractivity contribution in [3.05, 3.63) is 88.0 Å². The number of hydrogen-bond acceptors (Lipinski definition) is 4. The molecule has 6 heteroatoms. The van der Waals surface area contributed by atoms with Gasteiger partial charge in [0.25, 0.3) is 11.6 Å². The monoisotopic (exact) mass is 334 g/mol. The van der Waals surface area contributed by atoms with E-state index in [0.29, 0.717) is 11.1 Å². The van der Waals surface area contributed by atoms with Crippen molar-refractivity contribution in [1.82, 2.24) is 5.32 Å². The summed E-state index contributed by atoms with van der Waals surface area (Å²) >= 11 is 0. The van der Waals surface area contributed by atoms with E-state index < -0.39 is 16.7 Å². The first-order chi connectivity index (χ1) is 12.0. The lowest BCUT2D eigenvalue weighted by Crippen LogP contribution is -2.31. The number of hydrogen-bond donors (Lipinski definition) is 1. The third-order valence-electron chi connectivity index (χ3n) is 3.80. The number of fused-ring (bicyclic) bond motifs is 1. The summed E-state index contributed by atoms with van der Waals surface area (Å²) in [6.07, 6.45) is -0.0332. The smallest absolute Gasteiger partial charge is 0.269 e. The second-order valence-corrected chi connectivity index (χ2v) is 5.50. The fourth-order valence-electron chi connectivity index (χ4n) is 2.58. The van der Waals surface area contributed by atoms with Gasteiger partial charge in [0.05, 0.1) is 11.3 Å². The molecule has 0 spiro atoms. The standard InChI is InChI=1S/C19H14N2O4/c22-18(12-13-8-10-15(11-9-13)21(24)25)20-19(23)17-7-3-5-14-4-1-2-6-16(14)17/h1-11H,12H2,(H,20,22,23). The summed E-state index contributed by atoms with van der Waals surface area (Å²) < 4.78 is 0. The summed E-state index contributed by atoms with van der Waals surface area (Å²) in [5, 5.41) is 14.7. The number of nitrogens with one attached hydrogen (secondary N) is 1. The van der Waals surface area contributed by atoms with E-state index in [2.05, 4.69) is 5.32 Å². The van der Waals surface area contributed by atoms with Crippen LogP contribution in [0.3, 0.4) is 0 Å². The average molecular weight is 334 g/mol. The Balaban J connectivity index is 1.72. The van der Waals surface area contributed by atoms with Crippen LogP contribution in [0.2, 0.25) is 0 Å². The van der Waals surface area contributed by atoms with E-state index in [4.69, 9.17) is 0 Å². The lowest BCUT2D eigenvalue weighted by Gasteiger charge is -2.07. The van der Waals surface area contributed by atoms with Gasteiger partial charge in [-0.25, -0.2) is 0 Å². The fourth-order valence-corrected chi connectivity index (χ4v) is 2.58. The average Bonchev–Trinajstić information content (AvgIpc) is 2.61. The number of benzene rings is 3. The van der Waals surface area contributed by atoms with Crippen molar-refractivity contribution >= 4 is 28.3 Å². The van der Waals surface area contributed by atoms with Crippen LogP contribution in [-0.4, -0.2) is 16.7 Å². The summed E-state index contributed by atoms with van der Waals surface area (Å²) in [5.41, 5.74) is 0.972. The van der Waals surface area contributed by atoms with Gasteiger partial charge in [-0.3, -0.25) is 25.0 Å². The van der Waals surface area contributed by atoms with Gasteiger partial charge in [0.1, 0.15) is 0 Å². The van der Waals surface area contributed by atoms with Crippen molar-refractivity contribution in [2.24, 2.45) is 0 Å². The van der Waals surface area contributed by atoms with Crippen LogP contribution < -0.4 is 5.32 Å². The molecule has 1 N–H and O–H groups in total. The number of nitro benzene ring substituents is 1. The number of amides is 2. The first kappa shape index (κ1) is 16.3. The summed E-state index contributed by atoms with van der Waals surface area (Å²) in [5.74, 6) is -0.935. The van der Waals surface area contributed by atoms with Crippen LogP contribution >= 0.6 is 0 Å². The van der Waals surface area contributed by atoms with Crippen molar-refractivity contribution in [3.8, 4) is 0 Å². The first-order valence-corrected chi connectivity index (χ1v) is 7.60. The molecule has 0 aromatic heterocycles. The zero-order chi connectivity index (χ0) is 17.8. The van der Waals surface area contributed by atoms with Gasteiger partial charge in [-0.1, -0.05) is 48.5 Å². The number of carbonyl (C=O) groups excluding carboxylic acids is 2. The molecule has 3 rings (SSSR count). The minimum Gasteiger partial charge on any atom is -0.292 e. The number of nitrogens with zero attached hydrogens (tertiary/aromatic N) is 1. The summed E-state index contributed by atoms with van der Waals surface area (Å²) in [6, 6.07) is 18.4. The Morgan fingerprint density at radius 2 is 1.60 bits per heavy atom. The maximum Gasteiger partial charge on any atom is 0.269 e. The quantitative estimate of drug-likeness (QED) is 0.586. The van der Waals surface area contributed by atoms with Gasteiger partial charge < -0.3 is 0 Å². The van der Waals surface area contributed by atoms with Crippen LogP contribution in [0, 0.1) is 10.1 Å². The van der Waals surface area contributed by atoms with Crippen LogP contribution in [0.1, 0.15) is 15.9 Å². The number of rotatable bonds is 4. The summed E-state index contributed by atoms with van der Waals surface area (Å²) in [6.45, 7) is 0. The Morgan fingerprint density at radius 1 is 0.920 bits per heavy atom. The van der Waals surface area contributed by atoms with Gasteiger partial charge in [0.2, 0.25) is 5.91 Å². The topological polar surface area (TPSA) is 89.3 Å². The van der Waals surface area contributed by atoms with E-state index in [1.54, 1.807) is 12.1 Å². The molecule has 0 radical (unpaired) electrons. The van der Waals surface area contributed by atoms with E-state index >= 15 is 0 Å². The Bertz CT molecular complexity index is 959. The lowest BCUT2D eigenvalue weighted by atomic mass is 10.0. The summed E-state index contributed by atoms with van der Waals surface area (Å²) in [7, 11) is 0. The largest absolute Gasteiger partial charge is 0.292 e. The summed E-state index contributed by atoms with van der Waals surface area (Å²) in [4.78, 5) is 34.6. The molecule has 0 aliphatic rings. The van der Waals surface area contributed by atoms with Gasteiger partial charge in [-0.15, -0.1) is 0 Å². The first-order valence-electron chi connectivity index (χ1n) is 7.60. The molecule has 0 saturated carbocycles. The number of nitro groups is 1. The molecule has 3 aromatic rings. The minimum absolute atomic E-state index is 0.0332. The number of non-ortho nitro benzene ring substituents is 1. The highest BCUT2D eigenvalue weighted by Crippen LogP contribution is 2.18. The van der Waals surface area contributed by atoms with Crippen LogP contribution in [-0.2, 0) is 11.2 Å². The van der Waals surface area contributed by atoms with Crippen LogP contribution in [0.25, 0.3) is 10.8 Å². The second-order valence-electron chi connectivity index (χ2n) is 5.50. The Morgan fingerprint density at radius 3 is 2.32 bits per heavy atom. The SMILES string of the molecule is O=C(Cc1ccc([N+](=O)[O-])cc1)NC(=O)c1cccc2ccccc12. The predicted molar refractivity (Wildman–Crippen MR) is 93.2 cm³/mol. The fraction of sp³-hybridized carbons (Fsp3) is 0.0526. The van der Waals surface area contributed by atoms with E-state index in [9.17, 15) is 19.7 Å². The van der Waals surface area contributed by atoms with Gasteiger partial charge in [0, 0.05) is 17.7 Å². The molecule has 124 valence electrons. The molecule has 2 amide bonds. The highest BCUT2D eigenvalue weighted by molar-refractivity contribution is 6.12. The molecule has 0 aliphatic heterocycles. The number of imide groups is 1. The van der Waals surface area contributed by atoms with E-state index in [-0.39, 0.29) is 12.1 Å². The van der Waals surface area contributed by atoms with Crippen molar-refractivity contribution in [2.75, 3.05) is 0 Å². The van der Waals surface area contributed by atoms with Crippen molar-refractivity contribution in [3.63, 3.8) is 0 Å². The molecule has 6 nitrogen and oxygen atoms in total. The van der Waals surface area contributed by atoms with Gasteiger partial charge in [-0.05, 0) is 22.4 Å². The molecule has 0 heterocycles. The molecule has 25 heavy (non-hydrogen) atoms. The maximum atomic E-state index is 12.4. The van der Waals surface area contributed by atoms with Crippen LogP contribution in [0.4, 0.5) is 5.69 Å². The van der Waals surface area contributed by atoms with Crippen LogP contribution in [0.5, 0.6) is 0 Å². The highest BCUT2D eigenvalue weighted by Gasteiger charge is 2.14. The van der Waals surface area contributed by atoms with E-state index in [1.807, 2.05) is 30.3 Å². The highest BCUT2D eigenvalue weighted by atomic mass is 16.6. The molecule has 0 bridgehead atoms. The van der Waals surface area contributed by atoms with Gasteiger partial charge in [-0.2, -0.15) is 0 Å². The molecular weight excluding hydrogens is 320 g/mol. The number of carbonyl (C=O) groups is 2. The van der Waals surface area contributed by atoms with E-state index in [0.717, 1.165) is 10.8 Å². The molecule has 0 unspecified atom stereocenters. The van der Waals surface area contributed by atoms with Gasteiger partial charge >= 0.3 is 0 Å². The molecular formula is C19H14N2O4. The normalized spacial score (nSPS) is 10.4. The second kappa shape index (κ2) is 6.92. The Labute approximate surface area is 143 Å². The lowest BCUT2D eigenvalue weighted by molar-refractivity contribution is -0.384. The third kappa shape index (κ3) is 3.69. The van der Waals surface area contributed by atoms with Crippen molar-refractivity contribution in [2.45, 2.75) is 6.42 Å². The third-order valence-corrected chi connectivity index (χ3v) is 3.80. The van der Waals surface area contributed by atoms with Crippen molar-refractivity contribution in [1.29, 1.82) is 0 Å². The molecule has 3 aromatic carbocycles. The zero-order valence-electron chi connectivity index (χ0n) is 13.1. The molecule has 0 fully saturated rings. The van der Waals surface area contributed by atoms with Crippen LogP contribution in [0.15, 0.2) is 66.7 Å². The minimum atomic E-state index is -0.506. The van der Waals surface area contributed by atoms with Gasteiger partial charge in [0.15, 0.2) is 0 Å². The zero-order valence-corrected chi connectivity index (χ0v) is 13.1.